The number of Topliss-reactive ketones (excluding diaryl/α,β-unsaturated/α-hetero) is 1. The van der Waals surface area contributed by atoms with Crippen LogP contribution in [-0.2, 0) is 4.79 Å². The number of nitrogens with one attached hydrogen (secondary N) is 1. The van der Waals surface area contributed by atoms with Gasteiger partial charge in [0.15, 0.2) is 17.3 Å². The minimum absolute atomic E-state index is 0.0359. The number of ketones is 1. The molecule has 2 aliphatic rings. The van der Waals surface area contributed by atoms with Crippen molar-refractivity contribution in [2.45, 2.75) is 24.8 Å². The Morgan fingerprint density at radius 1 is 0.921 bits per heavy atom. The van der Waals surface area contributed by atoms with Crippen LogP contribution in [-0.4, -0.2) is 25.9 Å². The van der Waals surface area contributed by atoms with Crippen molar-refractivity contribution in [1.82, 2.24) is 0 Å². The number of carbonyl (C=O) groups is 2. The van der Waals surface area contributed by atoms with Gasteiger partial charge in [0.05, 0.1) is 30.5 Å². The smallest absolute Gasteiger partial charge is 0.269 e. The molecule has 1 amide bonds. The summed E-state index contributed by atoms with van der Waals surface area (Å²) in [4.78, 5) is 31.5. The first kappa shape index (κ1) is 24.5. The maximum Gasteiger partial charge on any atom is 0.269 e. The first-order chi connectivity index (χ1) is 18.6. The average molecular weight is 543 g/mol. The van der Waals surface area contributed by atoms with Crippen molar-refractivity contribution in [1.29, 1.82) is 0 Å². The van der Waals surface area contributed by atoms with Crippen LogP contribution in [0.1, 0.15) is 44.9 Å². The molecule has 1 aliphatic heterocycles. The Morgan fingerprint density at radius 3 is 2.45 bits per heavy atom. The zero-order chi connectivity index (χ0) is 26.2. The molecular formula is C30H26N2O4S2. The number of methoxy groups -OCH3 is 2. The van der Waals surface area contributed by atoms with E-state index in [4.69, 9.17) is 9.47 Å². The molecule has 0 spiro atoms. The summed E-state index contributed by atoms with van der Waals surface area (Å²) in [6.07, 6.45) is 0.975. The molecule has 4 aromatic rings. The summed E-state index contributed by atoms with van der Waals surface area (Å²) in [5, 5.41) is 7.48. The molecule has 1 N–H and O–H groups in total. The van der Waals surface area contributed by atoms with Crippen LogP contribution in [0.4, 0.5) is 11.4 Å². The van der Waals surface area contributed by atoms with Crippen molar-refractivity contribution < 1.29 is 19.1 Å². The lowest BCUT2D eigenvalue weighted by atomic mass is 9.79. The van der Waals surface area contributed by atoms with E-state index in [0.717, 1.165) is 27.5 Å². The topological polar surface area (TPSA) is 67.9 Å². The number of fused-ring (bicyclic) bond motifs is 1. The van der Waals surface area contributed by atoms with Crippen LogP contribution >= 0.6 is 22.7 Å². The number of carbonyl (C=O) groups excluding carboxylic acids is 2. The molecule has 2 aromatic heterocycles. The molecule has 2 aromatic carbocycles. The summed E-state index contributed by atoms with van der Waals surface area (Å²) in [6.45, 7) is 0. The molecule has 6 nitrogen and oxygen atoms in total. The molecule has 8 heteroatoms. The molecular weight excluding hydrogens is 516 g/mol. The number of amides is 1. The van der Waals surface area contributed by atoms with Gasteiger partial charge in [-0.15, -0.1) is 22.7 Å². The molecule has 3 heterocycles. The van der Waals surface area contributed by atoms with Crippen LogP contribution < -0.4 is 19.7 Å². The zero-order valence-corrected chi connectivity index (χ0v) is 22.6. The van der Waals surface area contributed by atoms with Crippen LogP contribution in [0.3, 0.4) is 0 Å². The molecule has 1 aliphatic carbocycles. The average Bonchev–Trinajstić information content (AvgIpc) is 3.65. The summed E-state index contributed by atoms with van der Waals surface area (Å²) in [7, 11) is 3.22. The number of para-hydroxylation sites is 2. The second-order valence-corrected chi connectivity index (χ2v) is 11.2. The lowest BCUT2D eigenvalue weighted by Gasteiger charge is -2.34. The Hall–Kier alpha value is -3.88. The van der Waals surface area contributed by atoms with E-state index in [1.54, 1.807) is 30.5 Å². The first-order valence-electron chi connectivity index (χ1n) is 12.3. The molecule has 0 fully saturated rings. The monoisotopic (exact) mass is 542 g/mol. The lowest BCUT2D eigenvalue weighted by molar-refractivity contribution is -0.116. The van der Waals surface area contributed by atoms with Crippen LogP contribution in [0.15, 0.2) is 88.8 Å². The molecule has 0 bridgehead atoms. The molecule has 0 saturated carbocycles. The number of nitrogens with zero attached hydrogens (tertiary/aromatic N) is 1. The number of allylic oxidation sites excluding steroid dienone is 1. The minimum Gasteiger partial charge on any atom is -0.493 e. The Morgan fingerprint density at radius 2 is 1.71 bits per heavy atom. The molecule has 38 heavy (non-hydrogen) atoms. The molecule has 6 rings (SSSR count). The van der Waals surface area contributed by atoms with Gasteiger partial charge in [0, 0.05) is 22.6 Å². The maximum absolute atomic E-state index is 14.1. The van der Waals surface area contributed by atoms with Gasteiger partial charge in [0.1, 0.15) is 6.04 Å². The van der Waals surface area contributed by atoms with Crippen LogP contribution in [0, 0.1) is 0 Å². The molecule has 0 radical (unpaired) electrons. The highest BCUT2D eigenvalue weighted by Gasteiger charge is 2.42. The minimum atomic E-state index is -0.519. The Labute approximate surface area is 229 Å². The Kier molecular flexibility index (Phi) is 6.51. The van der Waals surface area contributed by atoms with Crippen molar-refractivity contribution in [3.8, 4) is 11.5 Å². The number of rotatable bonds is 5. The van der Waals surface area contributed by atoms with E-state index in [1.165, 1.54) is 11.3 Å². The largest absolute Gasteiger partial charge is 0.493 e. The molecule has 192 valence electrons. The normalized spacial score (nSPS) is 18.8. The van der Waals surface area contributed by atoms with Crippen LogP contribution in [0.2, 0.25) is 0 Å². The van der Waals surface area contributed by atoms with E-state index in [0.29, 0.717) is 34.8 Å². The van der Waals surface area contributed by atoms with E-state index in [-0.39, 0.29) is 17.6 Å². The van der Waals surface area contributed by atoms with Gasteiger partial charge in [0.25, 0.3) is 5.91 Å². The predicted molar refractivity (Wildman–Crippen MR) is 152 cm³/mol. The van der Waals surface area contributed by atoms with Gasteiger partial charge in [-0.05, 0) is 65.1 Å². The zero-order valence-electron chi connectivity index (χ0n) is 21.0. The Bertz CT molecular complexity index is 1530. The number of anilines is 2. The van der Waals surface area contributed by atoms with Gasteiger partial charge < -0.3 is 14.8 Å². The van der Waals surface area contributed by atoms with Crippen molar-refractivity contribution in [2.75, 3.05) is 24.4 Å². The quantitative estimate of drug-likeness (QED) is 0.293. The van der Waals surface area contributed by atoms with E-state index < -0.39 is 6.04 Å². The van der Waals surface area contributed by atoms with Crippen LogP contribution in [0.5, 0.6) is 11.5 Å². The third-order valence-electron chi connectivity index (χ3n) is 7.13. The number of hydrogen-bond donors (Lipinski definition) is 1. The number of hydrogen-bond acceptors (Lipinski definition) is 7. The van der Waals surface area contributed by atoms with E-state index in [2.05, 4.69) is 5.32 Å². The Balaban J connectivity index is 1.50. The van der Waals surface area contributed by atoms with Gasteiger partial charge in [-0.1, -0.05) is 30.3 Å². The fourth-order valence-corrected chi connectivity index (χ4v) is 6.87. The van der Waals surface area contributed by atoms with Gasteiger partial charge in [0.2, 0.25) is 0 Å². The van der Waals surface area contributed by atoms with Gasteiger partial charge in [-0.25, -0.2) is 0 Å². The molecule has 2 atom stereocenters. The fraction of sp³-hybridized carbons (Fsp3) is 0.200. The van der Waals surface area contributed by atoms with Crippen molar-refractivity contribution in [2.24, 2.45) is 0 Å². The van der Waals surface area contributed by atoms with Crippen LogP contribution in [0.25, 0.3) is 0 Å². The second kappa shape index (κ2) is 10.1. The highest BCUT2D eigenvalue weighted by molar-refractivity contribution is 7.12. The van der Waals surface area contributed by atoms with E-state index in [9.17, 15) is 9.59 Å². The fourth-order valence-electron chi connectivity index (χ4n) is 5.39. The van der Waals surface area contributed by atoms with Crippen molar-refractivity contribution in [3.05, 3.63) is 104 Å². The summed E-state index contributed by atoms with van der Waals surface area (Å²) in [5.41, 5.74) is 4.10. The predicted octanol–water partition coefficient (Wildman–Crippen LogP) is 7.04. The van der Waals surface area contributed by atoms with Gasteiger partial charge in [-0.3, -0.25) is 14.5 Å². The van der Waals surface area contributed by atoms with Gasteiger partial charge in [-0.2, -0.15) is 0 Å². The number of thiophene rings is 2. The molecule has 2 unspecified atom stereocenters. The third kappa shape index (κ3) is 4.19. The maximum atomic E-state index is 14.1. The SMILES string of the molecule is COc1ccc(C2CC(=O)C3=C(C2)Nc2ccccc2N(C(=O)c2cccs2)C3c2cccs2)cc1OC. The third-order valence-corrected chi connectivity index (χ3v) is 8.91. The molecule has 0 saturated heterocycles. The second-order valence-electron chi connectivity index (χ2n) is 9.25. The lowest BCUT2D eigenvalue weighted by Crippen LogP contribution is -2.37. The van der Waals surface area contributed by atoms with Crippen molar-refractivity contribution >= 4 is 45.7 Å². The van der Waals surface area contributed by atoms with E-state index in [1.807, 2.05) is 77.5 Å². The highest BCUT2D eigenvalue weighted by Crippen LogP contribution is 2.49. The standard InChI is InChI=1S/C30H26N2O4S2/c1-35-24-12-11-18(17-25(24)36-2)19-15-21-28(23(33)16-19)29(26-9-5-13-37-26)32(30(34)27-10-6-14-38-27)22-8-4-3-7-20(22)31-21/h3-14,17,19,29,31H,15-16H2,1-2H3. The number of ether oxygens (including phenoxy) is 2. The van der Waals surface area contributed by atoms with Crippen molar-refractivity contribution in [3.63, 3.8) is 0 Å². The first-order valence-corrected chi connectivity index (χ1v) is 14.1. The van der Waals surface area contributed by atoms with E-state index >= 15 is 0 Å². The summed E-state index contributed by atoms with van der Waals surface area (Å²) in [5.74, 6) is 1.18. The summed E-state index contributed by atoms with van der Waals surface area (Å²) >= 11 is 2.97. The highest BCUT2D eigenvalue weighted by atomic mass is 32.1. The summed E-state index contributed by atoms with van der Waals surface area (Å²) in [6, 6.07) is 20.8. The number of benzene rings is 2. The summed E-state index contributed by atoms with van der Waals surface area (Å²) < 4.78 is 10.9. The van der Waals surface area contributed by atoms with Gasteiger partial charge >= 0.3 is 0 Å².